The second kappa shape index (κ2) is 7.97. The van der Waals surface area contributed by atoms with Crippen LogP contribution >= 0.6 is 0 Å². The molecule has 2 aliphatic heterocycles. The van der Waals surface area contributed by atoms with E-state index >= 15 is 0 Å². The van der Waals surface area contributed by atoms with Crippen LogP contribution in [0.4, 0.5) is 0 Å². The molecule has 0 spiro atoms. The van der Waals surface area contributed by atoms with E-state index in [0.717, 1.165) is 58.4 Å². The van der Waals surface area contributed by atoms with Gasteiger partial charge in [0.1, 0.15) is 9.84 Å². The Morgan fingerprint density at radius 1 is 1.12 bits per heavy atom. The lowest BCUT2D eigenvalue weighted by Crippen LogP contribution is -2.63. The van der Waals surface area contributed by atoms with Crippen LogP contribution in [-0.2, 0) is 9.84 Å². The molecule has 24 heavy (non-hydrogen) atoms. The fourth-order valence-corrected chi connectivity index (χ4v) is 5.49. The van der Waals surface area contributed by atoms with Crippen LogP contribution in [-0.4, -0.2) is 76.9 Å². The molecule has 1 saturated carbocycles. The summed E-state index contributed by atoms with van der Waals surface area (Å²) in [5.74, 6) is 1.24. The topological polar surface area (TPSA) is 85.5 Å². The molecule has 0 radical (unpaired) electrons. The van der Waals surface area contributed by atoms with Crippen molar-refractivity contribution in [2.75, 3.05) is 46.0 Å². The molecule has 2 heterocycles. The van der Waals surface area contributed by atoms with E-state index in [9.17, 15) is 8.42 Å². The monoisotopic (exact) mass is 359 g/mol. The van der Waals surface area contributed by atoms with Crippen LogP contribution in [0.25, 0.3) is 0 Å². The van der Waals surface area contributed by atoms with Crippen LogP contribution in [0.1, 0.15) is 25.7 Å². The Morgan fingerprint density at radius 2 is 1.88 bits per heavy atom. The zero-order valence-corrected chi connectivity index (χ0v) is 15.7. The van der Waals surface area contributed by atoms with Crippen molar-refractivity contribution in [3.63, 3.8) is 0 Å². The number of rotatable bonds is 5. The van der Waals surface area contributed by atoms with Crippen molar-refractivity contribution in [2.45, 2.75) is 43.1 Å². The summed E-state index contributed by atoms with van der Waals surface area (Å²) in [6, 6.07) is 0.445. The van der Waals surface area contributed by atoms with Gasteiger partial charge in [-0.1, -0.05) is 0 Å². The highest BCUT2D eigenvalue weighted by atomic mass is 32.2. The number of hydrazine groups is 1. The molecule has 8 heteroatoms. The Labute approximate surface area is 146 Å². The van der Waals surface area contributed by atoms with Gasteiger partial charge in [-0.2, -0.15) is 0 Å². The average Bonchev–Trinajstić information content (AvgIpc) is 2.98. The highest BCUT2D eigenvalue weighted by molar-refractivity contribution is 7.91. The molecule has 2 saturated heterocycles. The van der Waals surface area contributed by atoms with Crippen LogP contribution in [0, 0.1) is 11.8 Å². The van der Waals surface area contributed by atoms with Crippen molar-refractivity contribution in [1.82, 2.24) is 26.4 Å². The number of nitrogens with zero attached hydrogens (tertiary/aromatic N) is 1. The fourth-order valence-electron chi connectivity index (χ4n) is 4.36. The summed E-state index contributed by atoms with van der Waals surface area (Å²) in [4.78, 5) is 0. The predicted octanol–water partition coefficient (Wildman–Crippen LogP) is -0.867. The van der Waals surface area contributed by atoms with Gasteiger partial charge in [0.05, 0.1) is 11.4 Å². The molecule has 0 bridgehead atoms. The van der Waals surface area contributed by atoms with Gasteiger partial charge in [0.2, 0.25) is 0 Å². The molecule has 0 aromatic heterocycles. The van der Waals surface area contributed by atoms with E-state index in [1.807, 2.05) is 0 Å². The molecule has 1 aliphatic carbocycles. The largest absolute Gasteiger partial charge is 0.312 e. The zero-order valence-electron chi connectivity index (χ0n) is 14.9. The molecule has 3 unspecified atom stereocenters. The molecule has 3 rings (SSSR count). The number of sulfone groups is 1. The number of hydrogen-bond donors (Lipinski definition) is 4. The van der Waals surface area contributed by atoms with Gasteiger partial charge < -0.3 is 10.6 Å². The summed E-state index contributed by atoms with van der Waals surface area (Å²) in [5.41, 5.74) is 3.34. The second-order valence-corrected chi connectivity index (χ2v) is 10.2. The van der Waals surface area contributed by atoms with Gasteiger partial charge in [-0.15, -0.1) is 0 Å². The second-order valence-electron chi connectivity index (χ2n) is 7.87. The molecule has 3 aliphatic rings. The van der Waals surface area contributed by atoms with Crippen molar-refractivity contribution in [3.05, 3.63) is 0 Å². The van der Waals surface area contributed by atoms with E-state index in [4.69, 9.17) is 0 Å². The Hall–Kier alpha value is -0.250. The van der Waals surface area contributed by atoms with Gasteiger partial charge in [0.15, 0.2) is 0 Å². The van der Waals surface area contributed by atoms with E-state index in [-0.39, 0.29) is 5.25 Å². The van der Waals surface area contributed by atoms with Crippen molar-refractivity contribution < 1.29 is 8.42 Å². The Morgan fingerprint density at radius 3 is 2.50 bits per heavy atom. The SMILES string of the molecule is CN1CC(CNC2CNCC(C3CCC(S(C)(=O)=O)CC3)N2)CN1. The first-order valence-corrected chi connectivity index (χ1v) is 11.2. The molecule has 3 fully saturated rings. The summed E-state index contributed by atoms with van der Waals surface area (Å²) < 4.78 is 23.4. The summed E-state index contributed by atoms with van der Waals surface area (Å²) in [5, 5.41) is 13.0. The predicted molar refractivity (Wildman–Crippen MR) is 96.3 cm³/mol. The maximum Gasteiger partial charge on any atom is 0.150 e. The summed E-state index contributed by atoms with van der Waals surface area (Å²) in [7, 11) is -0.785. The number of piperazine rings is 1. The maximum atomic E-state index is 11.7. The lowest BCUT2D eigenvalue weighted by molar-refractivity contribution is 0.199. The minimum Gasteiger partial charge on any atom is -0.312 e. The summed E-state index contributed by atoms with van der Waals surface area (Å²) >= 11 is 0. The van der Waals surface area contributed by atoms with E-state index in [0.29, 0.717) is 24.0 Å². The molecule has 3 atom stereocenters. The smallest absolute Gasteiger partial charge is 0.150 e. The van der Waals surface area contributed by atoms with E-state index in [1.165, 1.54) is 6.26 Å². The van der Waals surface area contributed by atoms with Crippen LogP contribution in [0.15, 0.2) is 0 Å². The molecular weight excluding hydrogens is 326 g/mol. The summed E-state index contributed by atoms with van der Waals surface area (Å²) in [6.45, 7) is 5.09. The normalized spacial score (nSPS) is 39.2. The molecule has 7 nitrogen and oxygen atoms in total. The maximum absolute atomic E-state index is 11.7. The van der Waals surface area contributed by atoms with Gasteiger partial charge >= 0.3 is 0 Å². The molecule has 0 aromatic carbocycles. The Bertz CT molecular complexity index is 507. The third-order valence-electron chi connectivity index (χ3n) is 5.86. The molecule has 0 aromatic rings. The third-order valence-corrected chi connectivity index (χ3v) is 7.54. The minimum absolute atomic E-state index is 0.119. The minimum atomic E-state index is -2.87. The highest BCUT2D eigenvalue weighted by Gasteiger charge is 2.34. The van der Waals surface area contributed by atoms with E-state index < -0.39 is 9.84 Å². The first-order chi connectivity index (χ1) is 11.4. The lowest BCUT2D eigenvalue weighted by atomic mass is 9.83. The van der Waals surface area contributed by atoms with Crippen molar-refractivity contribution in [3.8, 4) is 0 Å². The molecule has 0 amide bonds. The van der Waals surface area contributed by atoms with Gasteiger partial charge in [-0.05, 0) is 37.5 Å². The molecule has 4 N–H and O–H groups in total. The van der Waals surface area contributed by atoms with Gasteiger partial charge in [-0.3, -0.25) is 10.7 Å². The third kappa shape index (κ3) is 4.89. The standard InChI is InChI=1S/C16H33N5O2S/c1-21-11-12(8-19-21)7-18-16-10-17-9-15(20-16)13-3-5-14(6-4-13)24(2,22)23/h12-20H,3-11H2,1-2H3. The number of hydrogen-bond acceptors (Lipinski definition) is 7. The summed E-state index contributed by atoms with van der Waals surface area (Å²) in [6.07, 6.45) is 5.36. The van der Waals surface area contributed by atoms with Crippen molar-refractivity contribution in [1.29, 1.82) is 0 Å². The Kier molecular flexibility index (Phi) is 6.16. The van der Waals surface area contributed by atoms with E-state index in [1.54, 1.807) is 0 Å². The molecular formula is C16H33N5O2S. The van der Waals surface area contributed by atoms with Crippen LogP contribution < -0.4 is 21.4 Å². The molecule has 140 valence electrons. The quantitative estimate of drug-likeness (QED) is 0.508. The van der Waals surface area contributed by atoms with Crippen LogP contribution in [0.5, 0.6) is 0 Å². The number of nitrogens with one attached hydrogen (secondary N) is 4. The zero-order chi connectivity index (χ0) is 17.2. The van der Waals surface area contributed by atoms with Gasteiger partial charge in [0, 0.05) is 52.1 Å². The van der Waals surface area contributed by atoms with Crippen molar-refractivity contribution in [2.24, 2.45) is 11.8 Å². The fraction of sp³-hybridized carbons (Fsp3) is 1.00. The van der Waals surface area contributed by atoms with Crippen LogP contribution in [0.2, 0.25) is 0 Å². The van der Waals surface area contributed by atoms with Crippen molar-refractivity contribution >= 4 is 9.84 Å². The van der Waals surface area contributed by atoms with Crippen LogP contribution in [0.3, 0.4) is 0 Å². The van der Waals surface area contributed by atoms with Gasteiger partial charge in [-0.25, -0.2) is 13.4 Å². The first kappa shape index (κ1) is 18.5. The first-order valence-electron chi connectivity index (χ1n) is 9.25. The van der Waals surface area contributed by atoms with E-state index in [2.05, 4.69) is 33.4 Å². The Balaban J connectivity index is 1.42. The lowest BCUT2D eigenvalue weighted by Gasteiger charge is -2.40. The average molecular weight is 360 g/mol. The highest BCUT2D eigenvalue weighted by Crippen LogP contribution is 2.30. The van der Waals surface area contributed by atoms with Gasteiger partial charge in [0.25, 0.3) is 0 Å².